The maximum absolute atomic E-state index is 5.61. The minimum absolute atomic E-state index is 0.460. The predicted octanol–water partition coefficient (Wildman–Crippen LogP) is 2.63. The highest BCUT2D eigenvalue weighted by Crippen LogP contribution is 2.02. The van der Waals surface area contributed by atoms with Crippen LogP contribution in [0.25, 0.3) is 0 Å². The van der Waals surface area contributed by atoms with Crippen LogP contribution in [0.2, 0.25) is 0 Å². The zero-order chi connectivity index (χ0) is 11.6. The predicted molar refractivity (Wildman–Crippen MR) is 68.7 cm³/mol. The lowest BCUT2D eigenvalue weighted by Gasteiger charge is -2.12. The molecule has 1 atom stereocenters. The Morgan fingerprint density at radius 3 is 2.69 bits per heavy atom. The van der Waals surface area contributed by atoms with Gasteiger partial charge in [0.05, 0.1) is 6.61 Å². The van der Waals surface area contributed by atoms with Crippen molar-refractivity contribution < 1.29 is 4.74 Å². The number of likely N-dealkylation sites (N-methyl/N-ethyl adjacent to an activating group) is 1. The Morgan fingerprint density at radius 1 is 1.25 bits per heavy atom. The van der Waals surface area contributed by atoms with E-state index in [-0.39, 0.29) is 0 Å². The summed E-state index contributed by atoms with van der Waals surface area (Å²) in [5, 5.41) is 3.33. The second kappa shape index (κ2) is 8.31. The maximum Gasteiger partial charge on any atom is 0.0616 e. The summed E-state index contributed by atoms with van der Waals surface area (Å²) in [4.78, 5) is 0. The average Bonchev–Trinajstić information content (AvgIpc) is 2.30. The molecule has 0 radical (unpaired) electrons. The van der Waals surface area contributed by atoms with Gasteiger partial charge in [-0.15, -0.1) is 0 Å². The van der Waals surface area contributed by atoms with Crippen molar-refractivity contribution in [1.82, 2.24) is 5.32 Å². The summed E-state index contributed by atoms with van der Waals surface area (Å²) in [6.45, 7) is 6.94. The van der Waals surface area contributed by atoms with Crippen molar-refractivity contribution >= 4 is 0 Å². The highest BCUT2D eigenvalue weighted by Gasteiger charge is 1.98. The molecule has 0 aliphatic carbocycles. The number of rotatable bonds is 8. The molecule has 0 saturated carbocycles. The van der Waals surface area contributed by atoms with E-state index in [1.807, 2.05) is 0 Å². The van der Waals surface area contributed by atoms with Gasteiger partial charge in [-0.25, -0.2) is 0 Å². The van der Waals surface area contributed by atoms with Crippen molar-refractivity contribution in [3.8, 4) is 0 Å². The minimum Gasteiger partial charge on any atom is -0.380 e. The molecule has 1 unspecified atom stereocenters. The van der Waals surface area contributed by atoms with Crippen LogP contribution in [0.5, 0.6) is 0 Å². The van der Waals surface area contributed by atoms with E-state index in [0.29, 0.717) is 6.04 Å². The standard InChI is InChI=1S/C14H23NO/c1-3-15-13(2)12-16-11-7-10-14-8-5-4-6-9-14/h4-6,8-9,13,15H,3,7,10-12H2,1-2H3. The molecule has 0 saturated heterocycles. The van der Waals surface area contributed by atoms with Gasteiger partial charge < -0.3 is 10.1 Å². The summed E-state index contributed by atoms with van der Waals surface area (Å²) in [5.41, 5.74) is 1.39. The van der Waals surface area contributed by atoms with Crippen molar-refractivity contribution in [2.45, 2.75) is 32.7 Å². The Kier molecular flexibility index (Phi) is 6.86. The molecule has 0 heterocycles. The van der Waals surface area contributed by atoms with Crippen LogP contribution in [0.1, 0.15) is 25.8 Å². The van der Waals surface area contributed by atoms with Crippen LogP contribution in [0, 0.1) is 0 Å². The first-order chi connectivity index (χ1) is 7.83. The summed E-state index contributed by atoms with van der Waals surface area (Å²) in [6.07, 6.45) is 2.21. The van der Waals surface area contributed by atoms with Crippen LogP contribution in [0.4, 0.5) is 0 Å². The average molecular weight is 221 g/mol. The molecule has 1 rings (SSSR count). The number of hydrogen-bond donors (Lipinski definition) is 1. The van der Waals surface area contributed by atoms with Gasteiger partial charge in [0, 0.05) is 12.6 Å². The monoisotopic (exact) mass is 221 g/mol. The van der Waals surface area contributed by atoms with Gasteiger partial charge in [0.2, 0.25) is 0 Å². The van der Waals surface area contributed by atoms with E-state index < -0.39 is 0 Å². The number of hydrogen-bond acceptors (Lipinski definition) is 2. The molecule has 0 fully saturated rings. The fourth-order valence-electron chi connectivity index (χ4n) is 1.69. The van der Waals surface area contributed by atoms with E-state index in [9.17, 15) is 0 Å². The van der Waals surface area contributed by atoms with Gasteiger partial charge in [-0.1, -0.05) is 37.3 Å². The lowest BCUT2D eigenvalue weighted by atomic mass is 10.1. The van der Waals surface area contributed by atoms with Crippen LogP contribution in [-0.4, -0.2) is 25.8 Å². The summed E-state index contributed by atoms with van der Waals surface area (Å²) in [7, 11) is 0. The number of ether oxygens (including phenoxy) is 1. The smallest absolute Gasteiger partial charge is 0.0616 e. The SMILES string of the molecule is CCNC(C)COCCCc1ccccc1. The molecule has 0 bridgehead atoms. The highest BCUT2D eigenvalue weighted by molar-refractivity contribution is 5.14. The quantitative estimate of drug-likeness (QED) is 0.681. The first-order valence-electron chi connectivity index (χ1n) is 6.18. The fraction of sp³-hybridized carbons (Fsp3) is 0.571. The van der Waals surface area contributed by atoms with Crippen molar-refractivity contribution in [3.63, 3.8) is 0 Å². The Labute approximate surface area is 99.0 Å². The lowest BCUT2D eigenvalue weighted by Crippen LogP contribution is -2.30. The second-order valence-corrected chi connectivity index (χ2v) is 4.12. The fourth-order valence-corrected chi connectivity index (χ4v) is 1.69. The van der Waals surface area contributed by atoms with Crippen molar-refractivity contribution in [2.75, 3.05) is 19.8 Å². The van der Waals surface area contributed by atoms with Gasteiger partial charge in [0.1, 0.15) is 0 Å². The molecule has 1 N–H and O–H groups in total. The third kappa shape index (κ3) is 5.89. The zero-order valence-corrected chi connectivity index (χ0v) is 10.4. The van der Waals surface area contributed by atoms with E-state index in [1.165, 1.54) is 5.56 Å². The van der Waals surface area contributed by atoms with Crippen molar-refractivity contribution in [1.29, 1.82) is 0 Å². The highest BCUT2D eigenvalue weighted by atomic mass is 16.5. The normalized spacial score (nSPS) is 12.6. The molecule has 2 nitrogen and oxygen atoms in total. The molecule has 0 spiro atoms. The Balaban J connectivity index is 2.00. The van der Waals surface area contributed by atoms with E-state index in [4.69, 9.17) is 4.74 Å². The van der Waals surface area contributed by atoms with E-state index >= 15 is 0 Å². The van der Waals surface area contributed by atoms with Gasteiger partial charge in [-0.05, 0) is 31.9 Å². The molecular formula is C14H23NO. The van der Waals surface area contributed by atoms with E-state index in [2.05, 4.69) is 49.5 Å². The third-order valence-corrected chi connectivity index (χ3v) is 2.52. The summed E-state index contributed by atoms with van der Waals surface area (Å²) < 4.78 is 5.61. The van der Waals surface area contributed by atoms with E-state index in [0.717, 1.165) is 32.6 Å². The largest absolute Gasteiger partial charge is 0.380 e. The van der Waals surface area contributed by atoms with Crippen LogP contribution in [0.3, 0.4) is 0 Å². The molecule has 0 aliphatic heterocycles. The Bertz CT molecular complexity index is 261. The topological polar surface area (TPSA) is 21.3 Å². The van der Waals surface area contributed by atoms with Crippen LogP contribution < -0.4 is 5.32 Å². The molecule has 90 valence electrons. The molecule has 1 aromatic rings. The number of nitrogens with one attached hydrogen (secondary N) is 1. The first-order valence-corrected chi connectivity index (χ1v) is 6.18. The summed E-state index contributed by atoms with van der Waals surface area (Å²) in [5.74, 6) is 0. The van der Waals surface area contributed by atoms with Crippen LogP contribution >= 0.6 is 0 Å². The first kappa shape index (κ1) is 13.2. The number of benzene rings is 1. The van der Waals surface area contributed by atoms with Gasteiger partial charge in [0.15, 0.2) is 0 Å². The van der Waals surface area contributed by atoms with Gasteiger partial charge in [-0.2, -0.15) is 0 Å². The molecular weight excluding hydrogens is 198 g/mol. The second-order valence-electron chi connectivity index (χ2n) is 4.12. The maximum atomic E-state index is 5.61. The lowest BCUT2D eigenvalue weighted by molar-refractivity contribution is 0.114. The van der Waals surface area contributed by atoms with Crippen molar-refractivity contribution in [3.05, 3.63) is 35.9 Å². The summed E-state index contributed by atoms with van der Waals surface area (Å²) >= 11 is 0. The number of aryl methyl sites for hydroxylation is 1. The molecule has 0 amide bonds. The zero-order valence-electron chi connectivity index (χ0n) is 10.4. The van der Waals surface area contributed by atoms with Crippen LogP contribution in [0.15, 0.2) is 30.3 Å². The molecule has 0 aliphatic rings. The molecule has 1 aromatic carbocycles. The van der Waals surface area contributed by atoms with E-state index in [1.54, 1.807) is 0 Å². The summed E-state index contributed by atoms with van der Waals surface area (Å²) in [6, 6.07) is 11.0. The Hall–Kier alpha value is -0.860. The minimum atomic E-state index is 0.460. The van der Waals surface area contributed by atoms with Gasteiger partial charge in [-0.3, -0.25) is 0 Å². The van der Waals surface area contributed by atoms with Gasteiger partial charge in [0.25, 0.3) is 0 Å². The Morgan fingerprint density at radius 2 is 2.00 bits per heavy atom. The third-order valence-electron chi connectivity index (χ3n) is 2.52. The van der Waals surface area contributed by atoms with Crippen molar-refractivity contribution in [2.24, 2.45) is 0 Å². The van der Waals surface area contributed by atoms with Crippen LogP contribution in [-0.2, 0) is 11.2 Å². The molecule has 16 heavy (non-hydrogen) atoms. The molecule has 0 aromatic heterocycles. The van der Waals surface area contributed by atoms with Gasteiger partial charge >= 0.3 is 0 Å². The molecule has 2 heteroatoms.